The van der Waals surface area contributed by atoms with E-state index in [9.17, 15) is 4.79 Å². The maximum absolute atomic E-state index is 12.0. The number of nitrogens with zero attached hydrogens (tertiary/aromatic N) is 2. The maximum Gasteiger partial charge on any atom is 0.222 e. The summed E-state index contributed by atoms with van der Waals surface area (Å²) in [4.78, 5) is 16.2. The molecule has 0 atom stereocenters. The summed E-state index contributed by atoms with van der Waals surface area (Å²) in [6, 6.07) is 7.89. The second-order valence-electron chi connectivity index (χ2n) is 5.45. The zero-order valence-corrected chi connectivity index (χ0v) is 12.4. The molecule has 0 N–H and O–H groups in total. The molecule has 0 unspecified atom stereocenters. The Balaban J connectivity index is 1.90. The summed E-state index contributed by atoms with van der Waals surface area (Å²) in [5.74, 6) is 0.708. The molecule has 4 heteroatoms. The molecule has 1 aliphatic rings. The Labute approximate surface area is 120 Å². The number of benzene rings is 1. The Bertz CT molecular complexity index is 440. The van der Waals surface area contributed by atoms with Crippen molar-refractivity contribution in [2.45, 2.75) is 20.3 Å². The first-order valence-electron chi connectivity index (χ1n) is 6.84. The van der Waals surface area contributed by atoms with Crippen LogP contribution < -0.4 is 4.90 Å². The molecule has 2 rings (SSSR count). The van der Waals surface area contributed by atoms with Gasteiger partial charge in [0.15, 0.2) is 0 Å². The van der Waals surface area contributed by atoms with Gasteiger partial charge in [0.05, 0.1) is 0 Å². The number of hydrogen-bond acceptors (Lipinski definition) is 2. The van der Waals surface area contributed by atoms with Gasteiger partial charge in [-0.1, -0.05) is 31.5 Å². The minimum Gasteiger partial charge on any atom is -0.368 e. The molecule has 104 valence electrons. The number of carbonyl (C=O) groups is 1. The van der Waals surface area contributed by atoms with Crippen LogP contribution in [0.3, 0.4) is 0 Å². The van der Waals surface area contributed by atoms with Crippen LogP contribution in [0.1, 0.15) is 20.3 Å². The predicted octanol–water partition coefficient (Wildman–Crippen LogP) is 3.03. The minimum atomic E-state index is 0.278. The lowest BCUT2D eigenvalue weighted by atomic mass is 10.1. The zero-order chi connectivity index (χ0) is 13.8. The summed E-state index contributed by atoms with van der Waals surface area (Å²) in [7, 11) is 0. The maximum atomic E-state index is 12.0. The van der Waals surface area contributed by atoms with Crippen LogP contribution in [0.2, 0.25) is 5.02 Å². The first-order chi connectivity index (χ1) is 9.06. The van der Waals surface area contributed by atoms with E-state index in [1.165, 1.54) is 0 Å². The molecule has 19 heavy (non-hydrogen) atoms. The second kappa shape index (κ2) is 6.29. The van der Waals surface area contributed by atoms with Crippen molar-refractivity contribution in [3.05, 3.63) is 29.3 Å². The number of piperazine rings is 1. The van der Waals surface area contributed by atoms with Gasteiger partial charge in [-0.25, -0.2) is 0 Å². The summed E-state index contributed by atoms with van der Waals surface area (Å²) in [5.41, 5.74) is 1.14. The lowest BCUT2D eigenvalue weighted by molar-refractivity contribution is -0.132. The third-order valence-electron chi connectivity index (χ3n) is 3.39. The highest BCUT2D eigenvalue weighted by molar-refractivity contribution is 6.30. The lowest BCUT2D eigenvalue weighted by Gasteiger charge is -2.36. The average Bonchev–Trinajstić information content (AvgIpc) is 2.38. The highest BCUT2D eigenvalue weighted by Crippen LogP contribution is 2.21. The summed E-state index contributed by atoms with van der Waals surface area (Å²) < 4.78 is 0. The molecule has 0 aromatic heterocycles. The third-order valence-corrected chi connectivity index (χ3v) is 3.62. The van der Waals surface area contributed by atoms with Gasteiger partial charge in [-0.05, 0) is 24.1 Å². The molecule has 0 spiro atoms. The number of anilines is 1. The first kappa shape index (κ1) is 14.2. The van der Waals surface area contributed by atoms with Crippen molar-refractivity contribution in [3.8, 4) is 0 Å². The van der Waals surface area contributed by atoms with Gasteiger partial charge in [-0.15, -0.1) is 0 Å². The van der Waals surface area contributed by atoms with Gasteiger partial charge >= 0.3 is 0 Å². The van der Waals surface area contributed by atoms with E-state index in [1.54, 1.807) is 0 Å². The summed E-state index contributed by atoms with van der Waals surface area (Å²) in [6.07, 6.45) is 0.650. The molecule has 1 fully saturated rings. The fourth-order valence-corrected chi connectivity index (χ4v) is 2.55. The van der Waals surface area contributed by atoms with Gasteiger partial charge in [-0.2, -0.15) is 0 Å². The van der Waals surface area contributed by atoms with Crippen LogP contribution in [0.5, 0.6) is 0 Å². The van der Waals surface area contributed by atoms with E-state index < -0.39 is 0 Å². The molecule has 1 amide bonds. The number of rotatable bonds is 3. The van der Waals surface area contributed by atoms with Crippen molar-refractivity contribution in [2.75, 3.05) is 31.1 Å². The molecule has 3 nitrogen and oxygen atoms in total. The zero-order valence-electron chi connectivity index (χ0n) is 11.6. The van der Waals surface area contributed by atoms with Crippen LogP contribution in [0.15, 0.2) is 24.3 Å². The van der Waals surface area contributed by atoms with E-state index >= 15 is 0 Å². The monoisotopic (exact) mass is 280 g/mol. The number of hydrogen-bond donors (Lipinski definition) is 0. The van der Waals surface area contributed by atoms with E-state index in [1.807, 2.05) is 23.1 Å². The fourth-order valence-electron chi connectivity index (χ4n) is 2.37. The number of halogens is 1. The Hall–Kier alpha value is -1.22. The van der Waals surface area contributed by atoms with E-state index in [4.69, 9.17) is 11.6 Å². The first-order valence-corrected chi connectivity index (χ1v) is 7.22. The predicted molar refractivity (Wildman–Crippen MR) is 79.7 cm³/mol. The SMILES string of the molecule is CC(C)CC(=O)N1CCN(c2cccc(Cl)c2)CC1. The van der Waals surface area contributed by atoms with Gasteiger partial charge in [0.25, 0.3) is 0 Å². The molecule has 1 heterocycles. The summed E-state index contributed by atoms with van der Waals surface area (Å²) >= 11 is 6.01. The van der Waals surface area contributed by atoms with Gasteiger partial charge in [0, 0.05) is 43.3 Å². The highest BCUT2D eigenvalue weighted by Gasteiger charge is 2.21. The van der Waals surface area contributed by atoms with Gasteiger partial charge in [0.1, 0.15) is 0 Å². The molecular weight excluding hydrogens is 260 g/mol. The second-order valence-corrected chi connectivity index (χ2v) is 5.88. The number of amides is 1. The van der Waals surface area contributed by atoms with Gasteiger partial charge in [-0.3, -0.25) is 4.79 Å². The molecular formula is C15H21ClN2O. The largest absolute Gasteiger partial charge is 0.368 e. The van der Waals surface area contributed by atoms with Crippen LogP contribution in [-0.4, -0.2) is 37.0 Å². The van der Waals surface area contributed by atoms with Gasteiger partial charge < -0.3 is 9.80 Å². The van der Waals surface area contributed by atoms with Crippen molar-refractivity contribution >= 4 is 23.2 Å². The average molecular weight is 281 g/mol. The molecule has 0 bridgehead atoms. The standard InChI is InChI=1S/C15H21ClN2O/c1-12(2)10-15(19)18-8-6-17(7-9-18)14-5-3-4-13(16)11-14/h3-5,11-12H,6-10H2,1-2H3. The van der Waals surface area contributed by atoms with Crippen molar-refractivity contribution < 1.29 is 4.79 Å². The third kappa shape index (κ3) is 3.87. The van der Waals surface area contributed by atoms with Gasteiger partial charge in [0.2, 0.25) is 5.91 Å². The molecule has 1 aliphatic heterocycles. The highest BCUT2D eigenvalue weighted by atomic mass is 35.5. The van der Waals surface area contributed by atoms with Crippen LogP contribution in [0, 0.1) is 5.92 Å². The summed E-state index contributed by atoms with van der Waals surface area (Å²) in [5, 5.41) is 0.760. The van der Waals surface area contributed by atoms with Crippen LogP contribution in [0.4, 0.5) is 5.69 Å². The molecule has 1 aromatic carbocycles. The van der Waals surface area contributed by atoms with Crippen molar-refractivity contribution in [2.24, 2.45) is 5.92 Å². The smallest absolute Gasteiger partial charge is 0.222 e. The van der Waals surface area contributed by atoms with E-state index in [0.29, 0.717) is 12.3 Å². The van der Waals surface area contributed by atoms with Crippen LogP contribution in [-0.2, 0) is 4.79 Å². The van der Waals surface area contributed by atoms with Crippen molar-refractivity contribution in [1.29, 1.82) is 0 Å². The molecule has 1 saturated heterocycles. The lowest BCUT2D eigenvalue weighted by Crippen LogP contribution is -2.49. The van der Waals surface area contributed by atoms with Crippen molar-refractivity contribution in [1.82, 2.24) is 4.90 Å². The summed E-state index contributed by atoms with van der Waals surface area (Å²) in [6.45, 7) is 7.53. The van der Waals surface area contributed by atoms with E-state index in [0.717, 1.165) is 36.9 Å². The minimum absolute atomic E-state index is 0.278. The Morgan fingerprint density at radius 1 is 1.26 bits per heavy atom. The van der Waals surface area contributed by atoms with E-state index in [2.05, 4.69) is 24.8 Å². The van der Waals surface area contributed by atoms with Crippen LogP contribution in [0.25, 0.3) is 0 Å². The van der Waals surface area contributed by atoms with E-state index in [-0.39, 0.29) is 5.91 Å². The molecule has 1 aromatic rings. The van der Waals surface area contributed by atoms with Crippen LogP contribution >= 0.6 is 11.6 Å². The Morgan fingerprint density at radius 2 is 1.95 bits per heavy atom. The Morgan fingerprint density at radius 3 is 2.53 bits per heavy atom. The normalized spacial score (nSPS) is 16.0. The fraction of sp³-hybridized carbons (Fsp3) is 0.533. The topological polar surface area (TPSA) is 23.6 Å². The number of carbonyl (C=O) groups excluding carboxylic acids is 1. The molecule has 0 saturated carbocycles. The Kier molecular flexibility index (Phi) is 4.70. The van der Waals surface area contributed by atoms with Crippen molar-refractivity contribution in [3.63, 3.8) is 0 Å². The molecule has 0 radical (unpaired) electrons. The molecule has 0 aliphatic carbocycles. The quantitative estimate of drug-likeness (QED) is 0.850.